The third kappa shape index (κ3) is 6.65. The normalized spacial score (nSPS) is 11.9. The molecule has 0 nitrogen and oxygen atoms in total. The Hall–Kier alpha value is -1.83. The molecule has 0 saturated carbocycles. The molecule has 0 N–H and O–H groups in total. The van der Waals surface area contributed by atoms with Crippen molar-refractivity contribution in [2.45, 2.75) is 47.0 Å². The smallest absolute Gasteiger partial charge is 0.0920 e. The monoisotopic (exact) mass is 628 g/mol. The second kappa shape index (κ2) is 13.5. The van der Waals surface area contributed by atoms with E-state index in [2.05, 4.69) is 120 Å². The van der Waals surface area contributed by atoms with Crippen LogP contribution >= 0.6 is 17.0 Å². The molecule has 190 valence electrons. The topological polar surface area (TPSA) is 0 Å². The molecule has 0 saturated heterocycles. The minimum atomic E-state index is -0.826. The molecule has 5 aromatic carbocycles. The van der Waals surface area contributed by atoms with Crippen molar-refractivity contribution in [1.82, 2.24) is 0 Å². The molecule has 5 aromatic rings. The second-order valence-electron chi connectivity index (χ2n) is 9.94. The maximum atomic E-state index is 4.93. The minimum absolute atomic E-state index is 0.625. The van der Waals surface area contributed by atoms with E-state index in [1.54, 1.807) is 0 Å². The van der Waals surface area contributed by atoms with Gasteiger partial charge in [-0.3, -0.25) is 0 Å². The Morgan fingerprint density at radius 3 is 2.29 bits per heavy atom. The molecule has 2 radical (unpaired) electrons. The summed E-state index contributed by atoms with van der Waals surface area (Å²) in [5, 5.41) is 5.60. The second-order valence-corrected chi connectivity index (χ2v) is 15.0. The van der Waals surface area contributed by atoms with Gasteiger partial charge >= 0.3 is 37.9 Å². The number of halogens is 2. The number of rotatable bonds is 3. The van der Waals surface area contributed by atoms with Crippen LogP contribution in [-0.2, 0) is 20.8 Å². The summed E-state index contributed by atoms with van der Waals surface area (Å²) in [4.78, 5) is 0. The predicted molar refractivity (Wildman–Crippen MR) is 165 cm³/mol. The summed E-state index contributed by atoms with van der Waals surface area (Å²) in [5.41, 5.74) is 11.0. The van der Waals surface area contributed by atoms with Crippen LogP contribution in [0.4, 0.5) is 0 Å². The molecular formula is C34H32Cl2SiZr. The van der Waals surface area contributed by atoms with Crippen molar-refractivity contribution in [3.8, 4) is 22.3 Å². The molecule has 0 spiro atoms. The van der Waals surface area contributed by atoms with Gasteiger partial charge in [0.2, 0.25) is 0 Å². The Morgan fingerprint density at radius 1 is 0.895 bits per heavy atom. The number of aryl methyl sites for hydroxylation is 3. The van der Waals surface area contributed by atoms with Crippen LogP contribution in [0.3, 0.4) is 0 Å². The van der Waals surface area contributed by atoms with E-state index in [1.165, 1.54) is 72.1 Å². The van der Waals surface area contributed by atoms with Gasteiger partial charge < -0.3 is 0 Å². The maximum absolute atomic E-state index is 4.93. The Kier molecular flexibility index (Phi) is 10.4. The average molecular weight is 631 g/mol. The first kappa shape index (κ1) is 29.2. The zero-order chi connectivity index (χ0) is 27.2. The Bertz CT molecular complexity index is 1470. The standard InChI is InChI=1S/C22H25.C12H7Si.2ClH.Zr/c1-6-16(4)19-12-18-8-7-17(5)22(21(18)13-19)20-10-14(2)9-15(3)11-20;1-3-7-11-9(5-1)10-6-2-4-8-12(10)13-11;;;/h7-13,16H,6H2,1-5H3;1-7H;2*1H;/q2*-1;;;+4/p-2. The van der Waals surface area contributed by atoms with E-state index in [1.807, 2.05) is 6.07 Å². The first-order valence-electron chi connectivity index (χ1n) is 13.0. The van der Waals surface area contributed by atoms with Crippen LogP contribution in [0.25, 0.3) is 33.0 Å². The van der Waals surface area contributed by atoms with E-state index in [9.17, 15) is 0 Å². The quantitative estimate of drug-likeness (QED) is 0.135. The van der Waals surface area contributed by atoms with Gasteiger partial charge in [-0.1, -0.05) is 95.7 Å². The van der Waals surface area contributed by atoms with Crippen LogP contribution in [0.1, 0.15) is 48.4 Å². The summed E-state index contributed by atoms with van der Waals surface area (Å²) in [6.45, 7) is 11.2. The fourth-order valence-corrected chi connectivity index (χ4v) is 6.47. The summed E-state index contributed by atoms with van der Waals surface area (Å²) in [5.74, 6) is 0.625. The fourth-order valence-electron chi connectivity index (χ4n) is 5.16. The van der Waals surface area contributed by atoms with Crippen LogP contribution in [0.2, 0.25) is 0 Å². The van der Waals surface area contributed by atoms with E-state index in [-0.39, 0.29) is 0 Å². The molecule has 1 atom stereocenters. The van der Waals surface area contributed by atoms with Crippen LogP contribution in [0.15, 0.2) is 84.9 Å². The fraction of sp³-hybridized carbons (Fsp3) is 0.206. The molecule has 6 rings (SSSR count). The summed E-state index contributed by atoms with van der Waals surface area (Å²) in [7, 11) is 10.7. The number of fused-ring (bicyclic) bond motifs is 4. The first-order valence-corrected chi connectivity index (χ1v) is 20.3. The van der Waals surface area contributed by atoms with Crippen LogP contribution in [0, 0.1) is 26.8 Å². The minimum Gasteiger partial charge on any atom is -0.184 e. The molecule has 38 heavy (non-hydrogen) atoms. The van der Waals surface area contributed by atoms with Crippen LogP contribution < -0.4 is 10.4 Å². The predicted octanol–water partition coefficient (Wildman–Crippen LogP) is 9.16. The molecule has 1 aliphatic rings. The molecular weight excluding hydrogens is 599 g/mol. The summed E-state index contributed by atoms with van der Waals surface area (Å²) >= 11 is -0.826. The molecule has 0 aliphatic carbocycles. The van der Waals surface area contributed by atoms with Gasteiger partial charge in [-0.15, -0.1) is 40.1 Å². The molecule has 0 amide bonds. The van der Waals surface area contributed by atoms with E-state index >= 15 is 0 Å². The third-order valence-corrected chi connectivity index (χ3v) is 8.51. The zero-order valence-corrected chi connectivity index (χ0v) is 27.6. The van der Waals surface area contributed by atoms with Gasteiger partial charge in [0.15, 0.2) is 0 Å². The van der Waals surface area contributed by atoms with Gasteiger partial charge in [-0.25, -0.2) is 0 Å². The number of benzene rings is 4. The van der Waals surface area contributed by atoms with Crippen molar-refractivity contribution >= 4 is 47.7 Å². The van der Waals surface area contributed by atoms with Gasteiger partial charge in [0.1, 0.15) is 0 Å². The van der Waals surface area contributed by atoms with Crippen molar-refractivity contribution < 1.29 is 20.8 Å². The Labute approximate surface area is 249 Å². The van der Waals surface area contributed by atoms with Crippen molar-refractivity contribution in [2.75, 3.05) is 0 Å². The molecule has 0 aromatic heterocycles. The molecule has 0 fully saturated rings. The summed E-state index contributed by atoms with van der Waals surface area (Å²) in [6, 6.07) is 34.3. The molecule has 4 heteroatoms. The van der Waals surface area contributed by atoms with E-state index in [0.717, 1.165) is 9.52 Å². The largest absolute Gasteiger partial charge is 0.184 e. The van der Waals surface area contributed by atoms with Gasteiger partial charge in [0.25, 0.3) is 0 Å². The molecule has 0 bridgehead atoms. The molecule has 1 heterocycles. The zero-order valence-electron chi connectivity index (χ0n) is 22.6. The Balaban J connectivity index is 0.000000177. The van der Waals surface area contributed by atoms with Gasteiger partial charge in [0, 0.05) is 0 Å². The average Bonchev–Trinajstić information content (AvgIpc) is 3.50. The van der Waals surface area contributed by atoms with Crippen LogP contribution in [-0.4, -0.2) is 9.52 Å². The first-order chi connectivity index (χ1) is 18.4. The van der Waals surface area contributed by atoms with E-state index in [4.69, 9.17) is 17.0 Å². The summed E-state index contributed by atoms with van der Waals surface area (Å²) in [6.07, 6.45) is 1.19. The molecule has 1 aliphatic heterocycles. The van der Waals surface area contributed by atoms with Crippen molar-refractivity contribution in [3.63, 3.8) is 0 Å². The van der Waals surface area contributed by atoms with Crippen molar-refractivity contribution in [2.24, 2.45) is 0 Å². The van der Waals surface area contributed by atoms with Gasteiger partial charge in [-0.05, 0) is 32.3 Å². The van der Waals surface area contributed by atoms with E-state index < -0.39 is 20.8 Å². The van der Waals surface area contributed by atoms with Crippen molar-refractivity contribution in [1.29, 1.82) is 0 Å². The van der Waals surface area contributed by atoms with Crippen molar-refractivity contribution in [3.05, 3.63) is 113 Å². The molecule has 1 unspecified atom stereocenters. The summed E-state index contributed by atoms with van der Waals surface area (Å²) < 4.78 is 0. The van der Waals surface area contributed by atoms with Crippen LogP contribution in [0.5, 0.6) is 0 Å². The van der Waals surface area contributed by atoms with Gasteiger partial charge in [-0.2, -0.15) is 35.5 Å². The maximum Gasteiger partial charge on any atom is 0.0920 e. The number of hydrogen-bond donors (Lipinski definition) is 0. The number of hydrogen-bond acceptors (Lipinski definition) is 0. The van der Waals surface area contributed by atoms with E-state index in [0.29, 0.717) is 5.92 Å². The third-order valence-electron chi connectivity index (χ3n) is 7.15. The van der Waals surface area contributed by atoms with Gasteiger partial charge in [0.05, 0.1) is 9.52 Å². The SMILES string of the molecule is CCC(C)c1cc2c(-c3cc(C)cc(C)c3)c(C)ccc2[cH-]1.[Cl][Zr+2][Cl].[c-]1cccc2c1[Si]c1ccccc1-2. The Morgan fingerprint density at radius 2 is 1.58 bits per heavy atom.